The lowest BCUT2D eigenvalue weighted by atomic mass is 9.84. The molecular weight excluding hydrogens is 200 g/mol. The van der Waals surface area contributed by atoms with Gasteiger partial charge in [-0.2, -0.15) is 0 Å². The molecule has 16 heavy (non-hydrogen) atoms. The Morgan fingerprint density at radius 1 is 1.25 bits per heavy atom. The van der Waals surface area contributed by atoms with E-state index in [0.29, 0.717) is 12.8 Å². The van der Waals surface area contributed by atoms with E-state index < -0.39 is 0 Å². The van der Waals surface area contributed by atoms with Crippen molar-refractivity contribution in [2.45, 2.75) is 32.6 Å². The predicted molar refractivity (Wildman–Crippen MR) is 63.6 cm³/mol. The zero-order valence-electron chi connectivity index (χ0n) is 9.66. The van der Waals surface area contributed by atoms with Gasteiger partial charge in [-0.25, -0.2) is 0 Å². The molecule has 2 rings (SSSR count). The summed E-state index contributed by atoms with van der Waals surface area (Å²) < 4.78 is 0. The summed E-state index contributed by atoms with van der Waals surface area (Å²) in [4.78, 5) is 11.4. The van der Waals surface area contributed by atoms with Crippen LogP contribution >= 0.6 is 0 Å². The molecule has 1 aliphatic rings. The monoisotopic (exact) mass is 216 g/mol. The minimum absolute atomic E-state index is 0.0220. The third-order valence-corrected chi connectivity index (χ3v) is 3.10. The number of carbonyl (C=O) groups is 1. The van der Waals surface area contributed by atoms with Crippen LogP contribution in [0.25, 0.3) is 0 Å². The molecule has 2 nitrogen and oxygen atoms in total. The lowest BCUT2D eigenvalue weighted by Crippen LogP contribution is -2.13. The molecule has 0 saturated heterocycles. The van der Waals surface area contributed by atoms with E-state index in [9.17, 15) is 9.90 Å². The fraction of sp³-hybridized carbons (Fsp3) is 0.357. The summed E-state index contributed by atoms with van der Waals surface area (Å²) in [6, 6.07) is 6.25. The summed E-state index contributed by atoms with van der Waals surface area (Å²) in [6.07, 6.45) is 2.43. The van der Waals surface area contributed by atoms with Crippen LogP contribution in [0.1, 0.15) is 35.4 Å². The normalized spacial score (nSPS) is 20.8. The number of hydrogen-bond donors (Lipinski definition) is 1. The molecule has 0 bridgehead atoms. The average molecular weight is 216 g/mol. The lowest BCUT2D eigenvalue weighted by Gasteiger charge is -2.21. The van der Waals surface area contributed by atoms with E-state index in [1.54, 1.807) is 0 Å². The largest absolute Gasteiger partial charge is 0.512 e. The molecule has 0 amide bonds. The van der Waals surface area contributed by atoms with Gasteiger partial charge in [-0.3, -0.25) is 4.79 Å². The van der Waals surface area contributed by atoms with Crippen LogP contribution in [0.3, 0.4) is 0 Å². The molecule has 0 heterocycles. The van der Waals surface area contributed by atoms with Crippen LogP contribution in [0.2, 0.25) is 0 Å². The fourth-order valence-corrected chi connectivity index (χ4v) is 2.37. The van der Waals surface area contributed by atoms with E-state index >= 15 is 0 Å². The van der Waals surface area contributed by atoms with Gasteiger partial charge in [0.1, 0.15) is 0 Å². The van der Waals surface area contributed by atoms with E-state index in [1.165, 1.54) is 22.8 Å². The minimum atomic E-state index is 0.0220. The second-order valence-corrected chi connectivity index (χ2v) is 4.57. The van der Waals surface area contributed by atoms with Crippen molar-refractivity contribution in [2.24, 2.45) is 0 Å². The van der Waals surface area contributed by atoms with Gasteiger partial charge in [0, 0.05) is 18.9 Å². The van der Waals surface area contributed by atoms with Gasteiger partial charge in [-0.15, -0.1) is 0 Å². The Bertz CT molecular complexity index is 458. The highest BCUT2D eigenvalue weighted by molar-refractivity contribution is 5.91. The zero-order valence-corrected chi connectivity index (χ0v) is 9.66. The summed E-state index contributed by atoms with van der Waals surface area (Å²) in [5.74, 6) is 0.369. The van der Waals surface area contributed by atoms with Crippen molar-refractivity contribution in [3.8, 4) is 0 Å². The number of benzene rings is 1. The van der Waals surface area contributed by atoms with Crippen LogP contribution in [-0.4, -0.2) is 10.9 Å². The number of aryl methyl sites for hydroxylation is 2. The van der Waals surface area contributed by atoms with Crippen LogP contribution in [-0.2, 0) is 4.79 Å². The molecule has 0 fully saturated rings. The van der Waals surface area contributed by atoms with E-state index in [0.717, 1.165) is 0 Å². The smallest absolute Gasteiger partial charge is 0.159 e. The van der Waals surface area contributed by atoms with Crippen molar-refractivity contribution >= 4 is 5.78 Å². The standard InChI is InChI=1S/C14H16O2/c1-9-3-4-14(10(2)5-9)11-6-12(15)8-13(16)7-11/h3-5,8,11,15H,6-7H2,1-2H3. The second-order valence-electron chi connectivity index (χ2n) is 4.57. The number of hydrogen-bond acceptors (Lipinski definition) is 2. The van der Waals surface area contributed by atoms with Crippen LogP contribution in [0.4, 0.5) is 0 Å². The Morgan fingerprint density at radius 3 is 2.62 bits per heavy atom. The lowest BCUT2D eigenvalue weighted by molar-refractivity contribution is -0.115. The molecule has 1 aromatic rings. The van der Waals surface area contributed by atoms with Gasteiger partial charge in [-0.1, -0.05) is 23.8 Å². The van der Waals surface area contributed by atoms with Gasteiger partial charge in [0.15, 0.2) is 5.78 Å². The maximum Gasteiger partial charge on any atom is 0.159 e. The average Bonchev–Trinajstić information content (AvgIpc) is 2.15. The van der Waals surface area contributed by atoms with Crippen molar-refractivity contribution in [1.82, 2.24) is 0 Å². The SMILES string of the molecule is Cc1ccc(C2CC(=O)C=C(O)C2)c(C)c1. The van der Waals surface area contributed by atoms with E-state index in [-0.39, 0.29) is 17.5 Å². The number of ketones is 1. The first kappa shape index (κ1) is 10.9. The number of carbonyl (C=O) groups excluding carboxylic acids is 1. The third-order valence-electron chi connectivity index (χ3n) is 3.10. The molecule has 0 aliphatic heterocycles. The van der Waals surface area contributed by atoms with Gasteiger partial charge in [0.2, 0.25) is 0 Å². The Balaban J connectivity index is 2.32. The Hall–Kier alpha value is -1.57. The van der Waals surface area contributed by atoms with Gasteiger partial charge in [0.25, 0.3) is 0 Å². The molecule has 84 valence electrons. The molecule has 2 heteroatoms. The van der Waals surface area contributed by atoms with Crippen molar-refractivity contribution in [1.29, 1.82) is 0 Å². The minimum Gasteiger partial charge on any atom is -0.512 e. The fourth-order valence-electron chi connectivity index (χ4n) is 2.37. The van der Waals surface area contributed by atoms with Crippen LogP contribution < -0.4 is 0 Å². The molecule has 0 aromatic heterocycles. The highest BCUT2D eigenvalue weighted by Crippen LogP contribution is 2.32. The predicted octanol–water partition coefficient (Wildman–Crippen LogP) is 3.19. The first-order valence-electron chi connectivity index (χ1n) is 5.56. The van der Waals surface area contributed by atoms with Crippen molar-refractivity contribution in [3.05, 3.63) is 46.7 Å². The van der Waals surface area contributed by atoms with Gasteiger partial charge < -0.3 is 5.11 Å². The summed E-state index contributed by atoms with van der Waals surface area (Å²) in [6.45, 7) is 4.11. The molecule has 1 unspecified atom stereocenters. The van der Waals surface area contributed by atoms with Crippen molar-refractivity contribution < 1.29 is 9.90 Å². The topological polar surface area (TPSA) is 37.3 Å². The molecule has 0 spiro atoms. The highest BCUT2D eigenvalue weighted by atomic mass is 16.3. The molecule has 1 atom stereocenters. The molecule has 0 saturated carbocycles. The Kier molecular flexibility index (Phi) is 2.82. The Labute approximate surface area is 95.6 Å². The molecule has 1 aromatic carbocycles. The number of allylic oxidation sites excluding steroid dienone is 2. The van der Waals surface area contributed by atoms with E-state index in [4.69, 9.17) is 0 Å². The first-order chi connectivity index (χ1) is 7.56. The molecule has 0 radical (unpaired) electrons. The summed E-state index contributed by atoms with van der Waals surface area (Å²) in [5, 5.41) is 9.50. The maximum atomic E-state index is 11.4. The number of aliphatic hydroxyl groups is 1. The van der Waals surface area contributed by atoms with Crippen LogP contribution in [0.5, 0.6) is 0 Å². The quantitative estimate of drug-likeness (QED) is 0.782. The second kappa shape index (κ2) is 4.12. The maximum absolute atomic E-state index is 11.4. The van der Waals surface area contributed by atoms with Gasteiger partial charge in [0.05, 0.1) is 5.76 Å². The van der Waals surface area contributed by atoms with Crippen LogP contribution in [0.15, 0.2) is 30.0 Å². The Morgan fingerprint density at radius 2 is 2.00 bits per heavy atom. The number of rotatable bonds is 1. The number of aliphatic hydroxyl groups excluding tert-OH is 1. The third kappa shape index (κ3) is 2.16. The molecule has 1 N–H and O–H groups in total. The summed E-state index contributed by atoms with van der Waals surface area (Å²) in [5.41, 5.74) is 3.61. The molecule has 1 aliphatic carbocycles. The first-order valence-corrected chi connectivity index (χ1v) is 5.56. The summed E-state index contributed by atoms with van der Waals surface area (Å²) >= 11 is 0. The van der Waals surface area contributed by atoms with Crippen LogP contribution in [0, 0.1) is 13.8 Å². The van der Waals surface area contributed by atoms with Crippen molar-refractivity contribution in [2.75, 3.05) is 0 Å². The zero-order chi connectivity index (χ0) is 11.7. The summed E-state index contributed by atoms with van der Waals surface area (Å²) in [7, 11) is 0. The molecular formula is C14H16O2. The highest BCUT2D eigenvalue weighted by Gasteiger charge is 2.22. The van der Waals surface area contributed by atoms with Gasteiger partial charge >= 0.3 is 0 Å². The van der Waals surface area contributed by atoms with Crippen molar-refractivity contribution in [3.63, 3.8) is 0 Å². The van der Waals surface area contributed by atoms with E-state index in [1.807, 2.05) is 0 Å². The van der Waals surface area contributed by atoms with E-state index in [2.05, 4.69) is 32.0 Å². The van der Waals surface area contributed by atoms with Gasteiger partial charge in [-0.05, 0) is 30.9 Å².